The third-order valence-electron chi connectivity index (χ3n) is 10.8. The number of thiophene rings is 1. The number of aromatic nitrogens is 1. The normalized spacial score (nSPS) is 20.5. The van der Waals surface area contributed by atoms with Gasteiger partial charge in [0.2, 0.25) is 25.4 Å². The largest absolute Gasteiger partial charge is 0.438 e. The highest BCUT2D eigenvalue weighted by Gasteiger charge is 2.56. The quantitative estimate of drug-likeness (QED) is 0.105. The minimum Gasteiger partial charge on any atom is -0.438 e. The summed E-state index contributed by atoms with van der Waals surface area (Å²) in [5.74, 6) is -2.67. The SMILES string of the molecule is CC(C)(C)C(=O)OCOP(=O)(OCOC(=O)C(C)(C)C)C(F)(F)c1ccc2sc(C(=O)NCC3CCC[C@H]4CC[C@@H](C(=O)N5CC(c6cccnc6)C5)N4C3=O)cc2c1. The van der Waals surface area contributed by atoms with Crippen molar-refractivity contribution in [3.05, 3.63) is 64.8 Å². The average molecular weight is 861 g/mol. The van der Waals surface area contributed by atoms with Crippen molar-refractivity contribution >= 4 is 58.7 Å². The van der Waals surface area contributed by atoms with Gasteiger partial charge in [-0.25, -0.2) is 0 Å². The number of ether oxygens (including phenoxy) is 2. The lowest BCUT2D eigenvalue weighted by atomic mass is 9.91. The van der Waals surface area contributed by atoms with Gasteiger partial charge in [0.05, 0.1) is 21.6 Å². The molecule has 1 unspecified atom stereocenters. The van der Waals surface area contributed by atoms with E-state index in [1.165, 1.54) is 53.7 Å². The molecule has 18 heteroatoms. The molecule has 0 spiro atoms. The van der Waals surface area contributed by atoms with Gasteiger partial charge in [-0.2, -0.15) is 8.78 Å². The van der Waals surface area contributed by atoms with E-state index >= 15 is 8.78 Å². The highest BCUT2D eigenvalue weighted by atomic mass is 32.1. The predicted molar refractivity (Wildman–Crippen MR) is 213 cm³/mol. The summed E-state index contributed by atoms with van der Waals surface area (Å²) in [7, 11) is -5.55. The number of carbonyl (C=O) groups excluding carboxylic acids is 5. The van der Waals surface area contributed by atoms with E-state index in [1.54, 1.807) is 16.0 Å². The molecule has 3 saturated heterocycles. The number of pyridine rings is 1. The van der Waals surface area contributed by atoms with E-state index in [4.69, 9.17) is 18.5 Å². The zero-order chi connectivity index (χ0) is 42.9. The van der Waals surface area contributed by atoms with Gasteiger partial charge in [0.15, 0.2) is 0 Å². The number of rotatable bonds is 13. The summed E-state index contributed by atoms with van der Waals surface area (Å²) < 4.78 is 66.4. The minimum atomic E-state index is -5.55. The molecule has 320 valence electrons. The summed E-state index contributed by atoms with van der Waals surface area (Å²) in [5.41, 5.74) is -6.08. The Kier molecular flexibility index (Phi) is 13.0. The Bertz CT molecular complexity index is 2080. The first kappa shape index (κ1) is 44.2. The number of nitrogens with one attached hydrogen (secondary N) is 1. The number of carbonyl (C=O) groups is 5. The second-order valence-corrected chi connectivity index (χ2v) is 20.5. The summed E-state index contributed by atoms with van der Waals surface area (Å²) >= 11 is 1.04. The molecule has 3 atom stereocenters. The van der Waals surface area contributed by atoms with Crippen LogP contribution in [-0.2, 0) is 47.9 Å². The van der Waals surface area contributed by atoms with Crippen LogP contribution in [0.3, 0.4) is 0 Å². The van der Waals surface area contributed by atoms with Gasteiger partial charge in [0.25, 0.3) is 5.91 Å². The molecular weight excluding hydrogens is 810 g/mol. The lowest BCUT2D eigenvalue weighted by Gasteiger charge is -2.42. The predicted octanol–water partition coefficient (Wildman–Crippen LogP) is 7.18. The molecule has 3 fully saturated rings. The Hall–Kier alpha value is -4.31. The molecule has 0 saturated carbocycles. The number of hydrogen-bond donors (Lipinski definition) is 1. The molecule has 3 aliphatic heterocycles. The second kappa shape index (κ2) is 17.3. The maximum atomic E-state index is 16.2. The molecule has 0 bridgehead atoms. The van der Waals surface area contributed by atoms with Gasteiger partial charge >= 0.3 is 25.2 Å². The van der Waals surface area contributed by atoms with Gasteiger partial charge in [-0.1, -0.05) is 18.6 Å². The van der Waals surface area contributed by atoms with E-state index in [0.717, 1.165) is 48.3 Å². The first-order valence-corrected chi connectivity index (χ1v) is 22.0. The molecule has 3 aromatic rings. The Morgan fingerprint density at radius 3 is 2.19 bits per heavy atom. The molecule has 59 heavy (non-hydrogen) atoms. The van der Waals surface area contributed by atoms with Gasteiger partial charge in [-0.3, -0.25) is 42.6 Å². The molecule has 0 aliphatic carbocycles. The van der Waals surface area contributed by atoms with Crippen molar-refractivity contribution in [1.29, 1.82) is 0 Å². The first-order valence-electron chi connectivity index (χ1n) is 19.6. The number of halogens is 2. The van der Waals surface area contributed by atoms with Crippen molar-refractivity contribution in [2.45, 2.75) is 97.3 Å². The monoisotopic (exact) mass is 860 g/mol. The third-order valence-corrected chi connectivity index (χ3v) is 13.8. The van der Waals surface area contributed by atoms with E-state index in [-0.39, 0.29) is 40.6 Å². The number of hydrogen-bond acceptors (Lipinski definition) is 12. The van der Waals surface area contributed by atoms with Gasteiger partial charge in [-0.15, -0.1) is 11.3 Å². The van der Waals surface area contributed by atoms with Crippen molar-refractivity contribution in [2.75, 3.05) is 33.2 Å². The zero-order valence-electron chi connectivity index (χ0n) is 34.0. The lowest BCUT2D eigenvalue weighted by Crippen LogP contribution is -2.57. The van der Waals surface area contributed by atoms with Gasteiger partial charge in [0.1, 0.15) is 6.04 Å². The van der Waals surface area contributed by atoms with E-state index < -0.39 is 73.0 Å². The van der Waals surface area contributed by atoms with E-state index in [9.17, 15) is 28.5 Å². The highest BCUT2D eigenvalue weighted by molar-refractivity contribution is 7.54. The van der Waals surface area contributed by atoms with Crippen molar-refractivity contribution in [3.8, 4) is 0 Å². The molecular formula is C41H51F2N4O10PS. The standard InChI is InChI=1S/C41H51F2N4O10PS/c1-39(2,3)37(51)54-23-56-58(53,57-24-55-38(52)40(4,5)6)41(42,43)29-12-15-32-27(17-29)18-33(59-32)34(48)45-20-26-9-7-11-30-13-14-31(47(30)35(26)49)36(50)46-21-28(22-46)25-10-8-16-44-19-25/h8,10,12,15-19,26,28,30-31H,7,9,11,13-14,20-24H2,1-6H3,(H,45,48)/t26?,30-,31-/m0/s1. The fourth-order valence-electron chi connectivity index (χ4n) is 7.30. The summed E-state index contributed by atoms with van der Waals surface area (Å²) in [5, 5.41) is 3.07. The smallest absolute Gasteiger partial charge is 0.410 e. The van der Waals surface area contributed by atoms with Crippen LogP contribution in [0.4, 0.5) is 8.78 Å². The second-order valence-electron chi connectivity index (χ2n) is 17.3. The minimum absolute atomic E-state index is 0.0313. The van der Waals surface area contributed by atoms with Gasteiger partial charge < -0.3 is 24.6 Å². The van der Waals surface area contributed by atoms with Crippen LogP contribution in [0.25, 0.3) is 10.1 Å². The molecule has 1 N–H and O–H groups in total. The molecule has 1 aromatic carbocycles. The molecule has 3 aliphatic rings. The fourth-order valence-corrected chi connectivity index (χ4v) is 9.49. The first-order chi connectivity index (χ1) is 27.7. The average Bonchev–Trinajstić information content (AvgIpc) is 3.75. The van der Waals surface area contributed by atoms with E-state index in [1.807, 2.05) is 18.3 Å². The van der Waals surface area contributed by atoms with Crippen LogP contribution in [0.5, 0.6) is 0 Å². The number of likely N-dealkylation sites (tertiary alicyclic amines) is 1. The Morgan fingerprint density at radius 2 is 1.58 bits per heavy atom. The Balaban J connectivity index is 1.11. The van der Waals surface area contributed by atoms with Crippen LogP contribution in [0.15, 0.2) is 48.8 Å². The Labute approximate surface area is 345 Å². The van der Waals surface area contributed by atoms with Crippen LogP contribution in [0.2, 0.25) is 0 Å². The van der Waals surface area contributed by atoms with Crippen molar-refractivity contribution < 1.29 is 55.8 Å². The summed E-state index contributed by atoms with van der Waals surface area (Å²) in [6, 6.07) is 8.08. The van der Waals surface area contributed by atoms with Crippen LogP contribution in [0, 0.1) is 16.7 Å². The number of nitrogens with zero attached hydrogens (tertiary/aromatic N) is 3. The van der Waals surface area contributed by atoms with Crippen LogP contribution in [0.1, 0.15) is 100 Å². The lowest BCUT2D eigenvalue weighted by molar-refractivity contribution is -0.163. The molecule has 14 nitrogen and oxygen atoms in total. The maximum absolute atomic E-state index is 16.2. The highest BCUT2D eigenvalue weighted by Crippen LogP contribution is 2.67. The number of benzene rings is 1. The third kappa shape index (κ3) is 9.69. The number of fused-ring (bicyclic) bond motifs is 2. The van der Waals surface area contributed by atoms with Crippen LogP contribution >= 0.6 is 18.9 Å². The van der Waals surface area contributed by atoms with Gasteiger partial charge in [0, 0.05) is 54.3 Å². The maximum Gasteiger partial charge on any atom is 0.410 e. The van der Waals surface area contributed by atoms with Crippen molar-refractivity contribution in [1.82, 2.24) is 20.1 Å². The summed E-state index contributed by atoms with van der Waals surface area (Å²) in [4.78, 5) is 73.5. The Morgan fingerprint density at radius 1 is 0.915 bits per heavy atom. The molecule has 2 aromatic heterocycles. The fraction of sp³-hybridized carbons (Fsp3) is 0.561. The number of alkyl halides is 2. The topological polar surface area (TPSA) is 171 Å². The van der Waals surface area contributed by atoms with E-state index in [2.05, 4.69) is 10.3 Å². The molecule has 6 rings (SSSR count). The zero-order valence-corrected chi connectivity index (χ0v) is 35.7. The van der Waals surface area contributed by atoms with Crippen molar-refractivity contribution in [3.63, 3.8) is 0 Å². The van der Waals surface area contributed by atoms with E-state index in [0.29, 0.717) is 30.6 Å². The summed E-state index contributed by atoms with van der Waals surface area (Å²) in [6.07, 6.45) is 6.93. The molecule has 5 heterocycles. The number of amides is 3. The molecule has 3 amide bonds. The van der Waals surface area contributed by atoms with Gasteiger partial charge in [-0.05, 0) is 102 Å². The summed E-state index contributed by atoms with van der Waals surface area (Å²) in [6.45, 7) is 8.10. The molecule has 0 radical (unpaired) electrons. The van der Waals surface area contributed by atoms with Crippen LogP contribution < -0.4 is 5.32 Å². The van der Waals surface area contributed by atoms with Crippen LogP contribution in [-0.4, -0.2) is 89.7 Å². The number of esters is 2. The van der Waals surface area contributed by atoms with Crippen molar-refractivity contribution in [2.24, 2.45) is 16.7 Å².